The van der Waals surface area contributed by atoms with Crippen molar-refractivity contribution in [3.8, 4) is 0 Å². The lowest BCUT2D eigenvalue weighted by molar-refractivity contribution is -0.129. The van der Waals surface area contributed by atoms with Crippen LogP contribution in [0.2, 0.25) is 0 Å². The number of aromatic nitrogens is 2. The number of hydrogen-bond donors (Lipinski definition) is 1. The number of likely N-dealkylation sites (tertiary alicyclic amines) is 1. The van der Waals surface area contributed by atoms with E-state index < -0.39 is 0 Å². The Kier molecular flexibility index (Phi) is 3.51. The first-order valence-electron chi connectivity index (χ1n) is 5.59. The van der Waals surface area contributed by atoms with Crippen LogP contribution in [0.15, 0.2) is 10.9 Å². The minimum absolute atomic E-state index is 0.00677. The predicted molar refractivity (Wildman–Crippen MR) is 56.7 cm³/mol. The number of rotatable bonds is 5. The maximum Gasteiger partial charge on any atom is 0.239 e. The van der Waals surface area contributed by atoms with E-state index in [9.17, 15) is 4.79 Å². The van der Waals surface area contributed by atoms with E-state index in [1.165, 1.54) is 6.33 Å². The van der Waals surface area contributed by atoms with Gasteiger partial charge in [-0.3, -0.25) is 4.79 Å². The molecule has 1 atom stereocenters. The molecule has 0 aliphatic carbocycles. The monoisotopic (exact) mass is 224 g/mol. The van der Waals surface area contributed by atoms with E-state index in [0.717, 1.165) is 19.5 Å². The van der Waals surface area contributed by atoms with Crippen molar-refractivity contribution in [3.05, 3.63) is 12.2 Å². The third kappa shape index (κ3) is 2.38. The van der Waals surface area contributed by atoms with Gasteiger partial charge in [0.05, 0.1) is 6.04 Å². The van der Waals surface area contributed by atoms with E-state index in [4.69, 9.17) is 4.52 Å². The molecule has 0 bridgehead atoms. The van der Waals surface area contributed by atoms with Crippen LogP contribution in [-0.2, 0) is 11.2 Å². The summed E-state index contributed by atoms with van der Waals surface area (Å²) in [4.78, 5) is 17.6. The Balaban J connectivity index is 1.81. The maximum absolute atomic E-state index is 11.9. The van der Waals surface area contributed by atoms with Crippen LogP contribution in [0.5, 0.6) is 0 Å². The average molecular weight is 224 g/mol. The van der Waals surface area contributed by atoms with Crippen LogP contribution in [0.3, 0.4) is 0 Å². The molecule has 88 valence electrons. The molecule has 0 radical (unpaired) electrons. The van der Waals surface area contributed by atoms with Gasteiger partial charge < -0.3 is 14.7 Å². The lowest BCUT2D eigenvalue weighted by Crippen LogP contribution is -2.38. The first kappa shape index (κ1) is 11.1. The van der Waals surface area contributed by atoms with Crippen molar-refractivity contribution >= 4 is 5.91 Å². The molecular weight excluding hydrogens is 208 g/mol. The largest absolute Gasteiger partial charge is 0.341 e. The number of carbonyl (C=O) groups excluding carboxylic acids is 1. The quantitative estimate of drug-likeness (QED) is 0.751. The standard InChI is InChI=1S/C10H16N4O2/c1-2-11-8-3-5-14(10(8)15)6-4-9-12-7-13-16-9/h7-8,11H,2-6H2,1H3. The van der Waals surface area contributed by atoms with Gasteiger partial charge in [-0.1, -0.05) is 12.1 Å². The third-order valence-corrected chi connectivity index (χ3v) is 2.75. The highest BCUT2D eigenvalue weighted by Crippen LogP contribution is 2.11. The van der Waals surface area contributed by atoms with Gasteiger partial charge >= 0.3 is 0 Å². The number of hydrogen-bond acceptors (Lipinski definition) is 5. The molecular formula is C10H16N4O2. The molecule has 0 saturated carbocycles. The average Bonchev–Trinajstić information content (AvgIpc) is 2.89. The first-order chi connectivity index (χ1) is 7.81. The Morgan fingerprint density at radius 2 is 2.56 bits per heavy atom. The Labute approximate surface area is 94.0 Å². The van der Waals surface area contributed by atoms with Gasteiger partial charge in [0.25, 0.3) is 0 Å². The summed E-state index contributed by atoms with van der Waals surface area (Å²) < 4.78 is 4.89. The van der Waals surface area contributed by atoms with Gasteiger partial charge in [0.15, 0.2) is 6.33 Å². The molecule has 1 N–H and O–H groups in total. The number of likely N-dealkylation sites (N-methyl/N-ethyl adjacent to an activating group) is 1. The van der Waals surface area contributed by atoms with Crippen LogP contribution >= 0.6 is 0 Å². The molecule has 1 aliphatic rings. The maximum atomic E-state index is 11.9. The summed E-state index contributed by atoms with van der Waals surface area (Å²) in [6.45, 7) is 4.30. The van der Waals surface area contributed by atoms with Crippen LogP contribution in [0.4, 0.5) is 0 Å². The van der Waals surface area contributed by atoms with E-state index in [1.807, 2.05) is 11.8 Å². The number of nitrogens with one attached hydrogen (secondary N) is 1. The molecule has 6 heteroatoms. The normalized spacial score (nSPS) is 20.7. The molecule has 1 unspecified atom stereocenters. The number of carbonyl (C=O) groups is 1. The van der Waals surface area contributed by atoms with Gasteiger partial charge in [-0.05, 0) is 13.0 Å². The number of nitrogens with zero attached hydrogens (tertiary/aromatic N) is 3. The second-order valence-electron chi connectivity index (χ2n) is 3.81. The molecule has 1 fully saturated rings. The van der Waals surface area contributed by atoms with Crippen molar-refractivity contribution in [3.63, 3.8) is 0 Å². The predicted octanol–water partition coefficient (Wildman–Crippen LogP) is -0.178. The SMILES string of the molecule is CCNC1CCN(CCc2ncno2)C1=O. The second kappa shape index (κ2) is 5.07. The van der Waals surface area contributed by atoms with Crippen molar-refractivity contribution in [2.24, 2.45) is 0 Å². The summed E-state index contributed by atoms with van der Waals surface area (Å²) >= 11 is 0. The van der Waals surface area contributed by atoms with Gasteiger partial charge in [0.1, 0.15) is 0 Å². The van der Waals surface area contributed by atoms with Gasteiger partial charge in [-0.2, -0.15) is 4.98 Å². The molecule has 16 heavy (non-hydrogen) atoms. The molecule has 2 heterocycles. The van der Waals surface area contributed by atoms with Gasteiger partial charge in [-0.25, -0.2) is 0 Å². The molecule has 1 aromatic heterocycles. The third-order valence-electron chi connectivity index (χ3n) is 2.75. The smallest absolute Gasteiger partial charge is 0.239 e. The van der Waals surface area contributed by atoms with E-state index in [-0.39, 0.29) is 11.9 Å². The summed E-state index contributed by atoms with van der Waals surface area (Å²) in [6.07, 6.45) is 2.89. The summed E-state index contributed by atoms with van der Waals surface area (Å²) in [7, 11) is 0. The van der Waals surface area contributed by atoms with Crippen molar-refractivity contribution in [1.29, 1.82) is 0 Å². The summed E-state index contributed by atoms with van der Waals surface area (Å²) in [5.74, 6) is 0.765. The van der Waals surface area contributed by atoms with Crippen LogP contribution < -0.4 is 5.32 Å². The van der Waals surface area contributed by atoms with Gasteiger partial charge in [0, 0.05) is 19.5 Å². The summed E-state index contributed by atoms with van der Waals surface area (Å²) in [5, 5.41) is 6.70. The molecule has 2 rings (SSSR count). The van der Waals surface area contributed by atoms with Gasteiger partial charge in [0.2, 0.25) is 11.8 Å². The topological polar surface area (TPSA) is 71.3 Å². The minimum Gasteiger partial charge on any atom is -0.341 e. The van der Waals surface area contributed by atoms with Crippen LogP contribution in [0.25, 0.3) is 0 Å². The Morgan fingerprint density at radius 3 is 3.25 bits per heavy atom. The first-order valence-corrected chi connectivity index (χ1v) is 5.59. The Hall–Kier alpha value is -1.43. The van der Waals surface area contributed by atoms with E-state index in [2.05, 4.69) is 15.5 Å². The lowest BCUT2D eigenvalue weighted by atomic mass is 10.2. The highest BCUT2D eigenvalue weighted by molar-refractivity contribution is 5.83. The molecule has 0 spiro atoms. The highest BCUT2D eigenvalue weighted by atomic mass is 16.5. The molecule has 0 aromatic carbocycles. The molecule has 6 nitrogen and oxygen atoms in total. The van der Waals surface area contributed by atoms with Crippen LogP contribution in [-0.4, -0.2) is 46.6 Å². The zero-order valence-corrected chi connectivity index (χ0v) is 9.35. The molecule has 1 aromatic rings. The summed E-state index contributed by atoms with van der Waals surface area (Å²) in [5.41, 5.74) is 0. The van der Waals surface area contributed by atoms with E-state index in [1.54, 1.807) is 0 Å². The number of amides is 1. The minimum atomic E-state index is -0.00677. The fraction of sp³-hybridized carbons (Fsp3) is 0.700. The zero-order chi connectivity index (χ0) is 11.4. The lowest BCUT2D eigenvalue weighted by Gasteiger charge is -2.15. The fourth-order valence-corrected chi connectivity index (χ4v) is 1.93. The molecule has 1 amide bonds. The van der Waals surface area contributed by atoms with Gasteiger partial charge in [-0.15, -0.1) is 0 Å². The van der Waals surface area contributed by atoms with Crippen molar-refractivity contribution in [2.45, 2.75) is 25.8 Å². The zero-order valence-electron chi connectivity index (χ0n) is 9.35. The van der Waals surface area contributed by atoms with E-state index in [0.29, 0.717) is 18.9 Å². The Bertz CT molecular complexity index is 339. The highest BCUT2D eigenvalue weighted by Gasteiger charge is 2.30. The molecule has 1 aliphatic heterocycles. The van der Waals surface area contributed by atoms with Crippen molar-refractivity contribution in [2.75, 3.05) is 19.6 Å². The summed E-state index contributed by atoms with van der Waals surface area (Å²) in [6, 6.07) is -0.00677. The van der Waals surface area contributed by atoms with E-state index >= 15 is 0 Å². The fourth-order valence-electron chi connectivity index (χ4n) is 1.93. The van der Waals surface area contributed by atoms with Crippen molar-refractivity contribution in [1.82, 2.24) is 20.4 Å². The van der Waals surface area contributed by atoms with Crippen LogP contribution in [0.1, 0.15) is 19.2 Å². The Morgan fingerprint density at radius 1 is 1.69 bits per heavy atom. The second-order valence-corrected chi connectivity index (χ2v) is 3.81. The van der Waals surface area contributed by atoms with Crippen molar-refractivity contribution < 1.29 is 9.32 Å². The van der Waals surface area contributed by atoms with Crippen LogP contribution in [0, 0.1) is 0 Å². The molecule has 1 saturated heterocycles.